The first-order valence-electron chi connectivity index (χ1n) is 5.78. The molecule has 1 rings (SSSR count). The molecule has 2 nitrogen and oxygen atoms in total. The zero-order valence-electron chi connectivity index (χ0n) is 10.2. The third-order valence-corrected chi connectivity index (χ3v) is 3.20. The van der Waals surface area contributed by atoms with Crippen LogP contribution in [0.25, 0.3) is 0 Å². The van der Waals surface area contributed by atoms with Crippen LogP contribution in [0.2, 0.25) is 0 Å². The second-order valence-corrected chi connectivity index (χ2v) is 4.57. The van der Waals surface area contributed by atoms with E-state index in [4.69, 9.17) is 0 Å². The smallest absolute Gasteiger partial charge is 0.0712 e. The maximum absolute atomic E-state index is 10.4. The number of aliphatic hydroxyl groups is 1. The Hall–Kier alpha value is -0.600. The van der Waals surface area contributed by atoms with Crippen LogP contribution in [0.15, 0.2) is 23.8 Å². The molecule has 0 unspecified atom stereocenters. The van der Waals surface area contributed by atoms with Crippen LogP contribution in [0.5, 0.6) is 0 Å². The molecule has 0 aromatic rings. The third kappa shape index (κ3) is 3.80. The summed E-state index contributed by atoms with van der Waals surface area (Å²) in [5, 5.41) is 10.4. The molecule has 1 fully saturated rings. The summed E-state index contributed by atoms with van der Waals surface area (Å²) in [5.41, 5.74) is 0.762. The maximum Gasteiger partial charge on any atom is 0.0712 e. The number of nitrogens with zero attached hydrogens (tertiary/aromatic N) is 1. The minimum absolute atomic E-state index is 0.478. The van der Waals surface area contributed by atoms with Crippen molar-refractivity contribution in [1.82, 2.24) is 4.90 Å². The van der Waals surface area contributed by atoms with E-state index in [1.54, 1.807) is 0 Å². The average molecular weight is 209 g/mol. The Morgan fingerprint density at radius 2 is 1.93 bits per heavy atom. The van der Waals surface area contributed by atoms with Crippen LogP contribution < -0.4 is 0 Å². The first kappa shape index (κ1) is 12.5. The van der Waals surface area contributed by atoms with Crippen molar-refractivity contribution >= 4 is 0 Å². The van der Waals surface area contributed by atoms with Crippen molar-refractivity contribution in [3.63, 3.8) is 0 Å². The van der Waals surface area contributed by atoms with Gasteiger partial charge in [-0.1, -0.05) is 18.2 Å². The SMILES string of the molecule is C/C=C\C(=C/C)CC1(O)CCN(C)CC1. The van der Waals surface area contributed by atoms with Gasteiger partial charge in [0.25, 0.3) is 0 Å². The summed E-state index contributed by atoms with van der Waals surface area (Å²) in [6, 6.07) is 0. The fourth-order valence-electron chi connectivity index (χ4n) is 2.06. The minimum Gasteiger partial charge on any atom is -0.389 e. The van der Waals surface area contributed by atoms with Gasteiger partial charge in [0, 0.05) is 19.5 Å². The lowest BCUT2D eigenvalue weighted by Crippen LogP contribution is -2.42. The molecule has 86 valence electrons. The Morgan fingerprint density at radius 1 is 1.33 bits per heavy atom. The van der Waals surface area contributed by atoms with Crippen molar-refractivity contribution in [2.45, 2.75) is 38.7 Å². The summed E-state index contributed by atoms with van der Waals surface area (Å²) in [5.74, 6) is 0. The molecule has 1 heterocycles. The van der Waals surface area contributed by atoms with Gasteiger partial charge in [0.05, 0.1) is 5.60 Å². The lowest BCUT2D eigenvalue weighted by Gasteiger charge is -2.36. The highest BCUT2D eigenvalue weighted by molar-refractivity contribution is 5.20. The molecule has 0 saturated carbocycles. The van der Waals surface area contributed by atoms with Crippen LogP contribution >= 0.6 is 0 Å². The van der Waals surface area contributed by atoms with Crippen LogP contribution in [-0.2, 0) is 0 Å². The summed E-state index contributed by atoms with van der Waals surface area (Å²) in [6.07, 6.45) is 8.79. The predicted molar refractivity (Wildman–Crippen MR) is 64.9 cm³/mol. The summed E-state index contributed by atoms with van der Waals surface area (Å²) in [7, 11) is 2.11. The van der Waals surface area contributed by atoms with E-state index in [1.807, 2.05) is 19.9 Å². The third-order valence-electron chi connectivity index (χ3n) is 3.20. The Morgan fingerprint density at radius 3 is 2.40 bits per heavy atom. The number of hydrogen-bond donors (Lipinski definition) is 1. The highest BCUT2D eigenvalue weighted by atomic mass is 16.3. The molecular formula is C13H23NO. The number of likely N-dealkylation sites (tertiary alicyclic amines) is 1. The van der Waals surface area contributed by atoms with Gasteiger partial charge in [0.15, 0.2) is 0 Å². The normalized spacial score (nSPS) is 23.6. The molecule has 15 heavy (non-hydrogen) atoms. The van der Waals surface area contributed by atoms with Gasteiger partial charge in [0.1, 0.15) is 0 Å². The molecule has 0 aromatic carbocycles. The van der Waals surface area contributed by atoms with Crippen molar-refractivity contribution < 1.29 is 5.11 Å². The van der Waals surface area contributed by atoms with Crippen molar-refractivity contribution in [2.24, 2.45) is 0 Å². The molecule has 0 spiro atoms. The molecular weight excluding hydrogens is 186 g/mol. The van der Waals surface area contributed by atoms with Crippen molar-refractivity contribution in [2.75, 3.05) is 20.1 Å². The van der Waals surface area contributed by atoms with Gasteiger partial charge in [0.2, 0.25) is 0 Å². The molecule has 0 amide bonds. The van der Waals surface area contributed by atoms with E-state index in [-0.39, 0.29) is 0 Å². The molecule has 2 heteroatoms. The van der Waals surface area contributed by atoms with Gasteiger partial charge >= 0.3 is 0 Å². The molecule has 1 aliphatic heterocycles. The molecule has 1 aliphatic rings. The van der Waals surface area contributed by atoms with Gasteiger partial charge in [-0.15, -0.1) is 0 Å². The van der Waals surface area contributed by atoms with Crippen molar-refractivity contribution in [1.29, 1.82) is 0 Å². The minimum atomic E-state index is -0.478. The van der Waals surface area contributed by atoms with E-state index >= 15 is 0 Å². The lowest BCUT2D eigenvalue weighted by molar-refractivity contribution is -0.0143. The quantitative estimate of drug-likeness (QED) is 0.721. The van der Waals surface area contributed by atoms with E-state index in [0.717, 1.165) is 32.4 Å². The number of hydrogen-bond acceptors (Lipinski definition) is 2. The first-order chi connectivity index (χ1) is 7.09. The van der Waals surface area contributed by atoms with E-state index in [2.05, 4.69) is 24.1 Å². The molecule has 1 saturated heterocycles. The Labute approximate surface area is 93.3 Å². The van der Waals surface area contributed by atoms with Crippen LogP contribution in [0.1, 0.15) is 33.1 Å². The largest absolute Gasteiger partial charge is 0.389 e. The highest BCUT2D eigenvalue weighted by Gasteiger charge is 2.31. The molecule has 0 radical (unpaired) electrons. The van der Waals surface area contributed by atoms with Gasteiger partial charge in [-0.05, 0) is 39.3 Å². The van der Waals surface area contributed by atoms with Gasteiger partial charge in [-0.25, -0.2) is 0 Å². The van der Waals surface area contributed by atoms with Gasteiger partial charge in [-0.3, -0.25) is 0 Å². The maximum atomic E-state index is 10.4. The monoisotopic (exact) mass is 209 g/mol. The van der Waals surface area contributed by atoms with E-state index in [9.17, 15) is 5.11 Å². The second kappa shape index (κ2) is 5.47. The first-order valence-corrected chi connectivity index (χ1v) is 5.78. The lowest BCUT2D eigenvalue weighted by atomic mass is 9.85. The number of rotatable bonds is 3. The van der Waals surface area contributed by atoms with Gasteiger partial charge < -0.3 is 10.0 Å². The van der Waals surface area contributed by atoms with E-state index < -0.39 is 5.60 Å². The Bertz CT molecular complexity index is 247. The molecule has 1 N–H and O–H groups in total. The molecule has 0 aliphatic carbocycles. The standard InChI is InChI=1S/C13H23NO/c1-4-6-12(5-2)11-13(15)7-9-14(3)10-8-13/h4-6,15H,7-11H2,1-3H3/b6-4-,12-5+. The number of allylic oxidation sites excluding steroid dienone is 3. The summed E-state index contributed by atoms with van der Waals surface area (Å²) in [4.78, 5) is 2.28. The summed E-state index contributed by atoms with van der Waals surface area (Å²) in [6.45, 7) is 6.06. The fourth-order valence-corrected chi connectivity index (χ4v) is 2.06. The Balaban J connectivity index is 2.56. The molecule has 0 bridgehead atoms. The van der Waals surface area contributed by atoms with Crippen molar-refractivity contribution in [3.8, 4) is 0 Å². The highest BCUT2D eigenvalue weighted by Crippen LogP contribution is 2.28. The average Bonchev–Trinajstić information content (AvgIpc) is 2.22. The van der Waals surface area contributed by atoms with Gasteiger partial charge in [-0.2, -0.15) is 0 Å². The zero-order chi connectivity index (χ0) is 11.3. The van der Waals surface area contributed by atoms with Crippen LogP contribution in [-0.4, -0.2) is 35.7 Å². The predicted octanol–water partition coefficient (Wildman–Crippen LogP) is 2.36. The van der Waals surface area contributed by atoms with E-state index in [0.29, 0.717) is 0 Å². The molecule has 0 atom stereocenters. The van der Waals surface area contributed by atoms with Crippen molar-refractivity contribution in [3.05, 3.63) is 23.8 Å². The zero-order valence-corrected chi connectivity index (χ0v) is 10.2. The second-order valence-electron chi connectivity index (χ2n) is 4.57. The fraction of sp³-hybridized carbons (Fsp3) is 0.692. The summed E-state index contributed by atoms with van der Waals surface area (Å²) < 4.78 is 0. The number of piperidine rings is 1. The molecule has 0 aromatic heterocycles. The Kier molecular flexibility index (Phi) is 4.55. The summed E-state index contributed by atoms with van der Waals surface area (Å²) >= 11 is 0. The van der Waals surface area contributed by atoms with Crippen LogP contribution in [0, 0.1) is 0 Å². The topological polar surface area (TPSA) is 23.5 Å². The van der Waals surface area contributed by atoms with E-state index in [1.165, 1.54) is 5.57 Å². The van der Waals surface area contributed by atoms with Crippen LogP contribution in [0.4, 0.5) is 0 Å². The van der Waals surface area contributed by atoms with Crippen LogP contribution in [0.3, 0.4) is 0 Å².